The minimum Gasteiger partial charge on any atom is -0.368 e. The molecule has 3 nitrogen and oxygen atoms in total. The fraction of sp³-hybridized carbons (Fsp3) is 0.667. The number of halogens is 1. The van der Waals surface area contributed by atoms with E-state index in [1.807, 2.05) is 23.1 Å². The summed E-state index contributed by atoms with van der Waals surface area (Å²) in [7, 11) is 0. The summed E-state index contributed by atoms with van der Waals surface area (Å²) in [5.41, 5.74) is 1.16. The van der Waals surface area contributed by atoms with Crippen LogP contribution in [0.4, 0.5) is 5.69 Å². The molecule has 1 aromatic carbocycles. The Morgan fingerprint density at radius 1 is 0.960 bits per heavy atom. The van der Waals surface area contributed by atoms with Crippen LogP contribution in [0.25, 0.3) is 0 Å². The zero-order chi connectivity index (χ0) is 17.9. The number of unbranched alkanes of at least 4 members (excludes halogenated alkanes) is 7. The van der Waals surface area contributed by atoms with Gasteiger partial charge in [-0.05, 0) is 24.6 Å². The van der Waals surface area contributed by atoms with Gasteiger partial charge in [0.1, 0.15) is 0 Å². The Morgan fingerprint density at radius 3 is 2.24 bits per heavy atom. The van der Waals surface area contributed by atoms with Crippen molar-refractivity contribution in [3.05, 3.63) is 29.3 Å². The number of nitrogens with zero attached hydrogens (tertiary/aromatic N) is 2. The highest BCUT2D eigenvalue weighted by molar-refractivity contribution is 6.30. The van der Waals surface area contributed by atoms with E-state index < -0.39 is 0 Å². The summed E-state index contributed by atoms with van der Waals surface area (Å²) < 4.78 is 0. The predicted octanol–water partition coefficient (Wildman–Crippen LogP) is 5.52. The Hall–Kier alpha value is -1.22. The molecule has 1 aliphatic rings. The Balaban J connectivity index is 1.58. The van der Waals surface area contributed by atoms with Crippen molar-refractivity contribution >= 4 is 23.2 Å². The Bertz CT molecular complexity index is 512. The van der Waals surface area contributed by atoms with Crippen molar-refractivity contribution in [3.63, 3.8) is 0 Å². The lowest BCUT2D eigenvalue weighted by Crippen LogP contribution is -2.48. The van der Waals surface area contributed by atoms with Gasteiger partial charge in [-0.3, -0.25) is 4.79 Å². The van der Waals surface area contributed by atoms with Crippen LogP contribution in [0.5, 0.6) is 0 Å². The molecular weight excluding hydrogens is 332 g/mol. The van der Waals surface area contributed by atoms with Gasteiger partial charge in [-0.2, -0.15) is 0 Å². The van der Waals surface area contributed by atoms with Gasteiger partial charge in [-0.15, -0.1) is 0 Å². The summed E-state index contributed by atoms with van der Waals surface area (Å²) in [5, 5.41) is 0.769. The summed E-state index contributed by atoms with van der Waals surface area (Å²) in [6, 6.07) is 7.97. The zero-order valence-electron chi connectivity index (χ0n) is 15.7. The SMILES string of the molecule is CCCCCCCCCCC(=O)N1CCN(c2cccc(Cl)c2)CC1. The fourth-order valence-electron chi connectivity index (χ4n) is 3.46. The highest BCUT2D eigenvalue weighted by Gasteiger charge is 2.20. The largest absolute Gasteiger partial charge is 0.368 e. The second kappa shape index (κ2) is 11.4. The smallest absolute Gasteiger partial charge is 0.222 e. The number of carbonyl (C=O) groups excluding carboxylic acids is 1. The van der Waals surface area contributed by atoms with E-state index in [1.54, 1.807) is 0 Å². The van der Waals surface area contributed by atoms with Gasteiger partial charge in [0.15, 0.2) is 0 Å². The first-order chi connectivity index (χ1) is 12.2. The molecule has 0 bridgehead atoms. The van der Waals surface area contributed by atoms with Crippen LogP contribution < -0.4 is 4.90 Å². The molecule has 1 heterocycles. The molecule has 0 aromatic heterocycles. The number of amides is 1. The van der Waals surface area contributed by atoms with E-state index in [4.69, 9.17) is 11.6 Å². The van der Waals surface area contributed by atoms with Crippen molar-refractivity contribution in [2.45, 2.75) is 64.7 Å². The summed E-state index contributed by atoms with van der Waals surface area (Å²) in [5.74, 6) is 0.330. The maximum Gasteiger partial charge on any atom is 0.222 e. The Morgan fingerprint density at radius 2 is 1.60 bits per heavy atom. The molecule has 140 valence electrons. The topological polar surface area (TPSA) is 23.6 Å². The molecule has 0 spiro atoms. The van der Waals surface area contributed by atoms with E-state index in [1.165, 1.54) is 44.9 Å². The van der Waals surface area contributed by atoms with E-state index in [2.05, 4.69) is 17.9 Å². The van der Waals surface area contributed by atoms with Crippen LogP contribution in [0.3, 0.4) is 0 Å². The quantitative estimate of drug-likeness (QED) is 0.510. The number of hydrogen-bond acceptors (Lipinski definition) is 2. The van der Waals surface area contributed by atoms with E-state index >= 15 is 0 Å². The molecule has 1 saturated heterocycles. The third kappa shape index (κ3) is 7.27. The van der Waals surface area contributed by atoms with Crippen LogP contribution in [0, 0.1) is 0 Å². The van der Waals surface area contributed by atoms with Crippen LogP contribution in [-0.2, 0) is 4.79 Å². The highest BCUT2D eigenvalue weighted by Crippen LogP contribution is 2.21. The van der Waals surface area contributed by atoms with E-state index in [-0.39, 0.29) is 0 Å². The number of anilines is 1. The van der Waals surface area contributed by atoms with Crippen LogP contribution in [0.1, 0.15) is 64.7 Å². The molecule has 0 radical (unpaired) electrons. The standard InChI is InChI=1S/C21H33ClN2O/c1-2-3-4-5-6-7-8-9-13-21(25)24-16-14-23(15-17-24)20-12-10-11-19(22)18-20/h10-12,18H,2-9,13-17H2,1H3. The van der Waals surface area contributed by atoms with E-state index in [9.17, 15) is 4.79 Å². The van der Waals surface area contributed by atoms with Crippen molar-refractivity contribution < 1.29 is 4.79 Å². The Labute approximate surface area is 158 Å². The van der Waals surface area contributed by atoms with Gasteiger partial charge < -0.3 is 9.80 Å². The van der Waals surface area contributed by atoms with Crippen LogP contribution in [0.15, 0.2) is 24.3 Å². The number of carbonyl (C=O) groups is 1. The number of piperazine rings is 1. The highest BCUT2D eigenvalue weighted by atomic mass is 35.5. The normalized spacial score (nSPS) is 14.8. The average Bonchev–Trinajstić information content (AvgIpc) is 2.64. The van der Waals surface area contributed by atoms with Crippen molar-refractivity contribution in [1.82, 2.24) is 4.90 Å². The Kier molecular flexibility index (Phi) is 9.17. The molecule has 1 fully saturated rings. The van der Waals surface area contributed by atoms with Crippen LogP contribution in [-0.4, -0.2) is 37.0 Å². The lowest BCUT2D eigenvalue weighted by molar-refractivity contribution is -0.131. The van der Waals surface area contributed by atoms with Gasteiger partial charge in [0.25, 0.3) is 0 Å². The molecular formula is C21H33ClN2O. The molecule has 0 saturated carbocycles. The van der Waals surface area contributed by atoms with Crippen molar-refractivity contribution in [3.8, 4) is 0 Å². The minimum atomic E-state index is 0.330. The number of benzene rings is 1. The molecule has 0 aliphatic carbocycles. The van der Waals surface area contributed by atoms with Crippen LogP contribution >= 0.6 is 11.6 Å². The fourth-order valence-corrected chi connectivity index (χ4v) is 3.64. The second-order valence-corrected chi connectivity index (χ2v) is 7.51. The average molecular weight is 365 g/mol. The van der Waals surface area contributed by atoms with Crippen LogP contribution in [0.2, 0.25) is 5.02 Å². The van der Waals surface area contributed by atoms with Gasteiger partial charge in [0.2, 0.25) is 5.91 Å². The van der Waals surface area contributed by atoms with E-state index in [0.717, 1.165) is 43.3 Å². The molecule has 0 atom stereocenters. The molecule has 0 unspecified atom stereocenters. The van der Waals surface area contributed by atoms with Gasteiger partial charge in [0.05, 0.1) is 0 Å². The molecule has 1 amide bonds. The molecule has 0 N–H and O–H groups in total. The van der Waals surface area contributed by atoms with E-state index in [0.29, 0.717) is 12.3 Å². The van der Waals surface area contributed by atoms with Gasteiger partial charge in [-0.1, -0.05) is 69.5 Å². The molecule has 1 aliphatic heterocycles. The first-order valence-corrected chi connectivity index (χ1v) is 10.4. The summed E-state index contributed by atoms with van der Waals surface area (Å²) in [6.07, 6.45) is 10.9. The number of rotatable bonds is 10. The third-order valence-corrected chi connectivity index (χ3v) is 5.29. The van der Waals surface area contributed by atoms with Gasteiger partial charge >= 0.3 is 0 Å². The summed E-state index contributed by atoms with van der Waals surface area (Å²) in [6.45, 7) is 5.68. The minimum absolute atomic E-state index is 0.330. The second-order valence-electron chi connectivity index (χ2n) is 7.07. The number of hydrogen-bond donors (Lipinski definition) is 0. The molecule has 4 heteroatoms. The maximum absolute atomic E-state index is 12.4. The lowest BCUT2D eigenvalue weighted by atomic mass is 10.1. The molecule has 25 heavy (non-hydrogen) atoms. The van der Waals surface area contributed by atoms with Crippen molar-refractivity contribution in [2.75, 3.05) is 31.1 Å². The predicted molar refractivity (Wildman–Crippen MR) is 107 cm³/mol. The summed E-state index contributed by atoms with van der Waals surface area (Å²) >= 11 is 6.07. The third-order valence-electron chi connectivity index (χ3n) is 5.05. The van der Waals surface area contributed by atoms with Crippen molar-refractivity contribution in [1.29, 1.82) is 0 Å². The maximum atomic E-state index is 12.4. The first-order valence-electron chi connectivity index (χ1n) is 9.99. The lowest BCUT2D eigenvalue weighted by Gasteiger charge is -2.36. The summed E-state index contributed by atoms with van der Waals surface area (Å²) in [4.78, 5) is 16.7. The van der Waals surface area contributed by atoms with Gasteiger partial charge in [-0.25, -0.2) is 0 Å². The zero-order valence-corrected chi connectivity index (χ0v) is 16.4. The first kappa shape index (κ1) is 20.1. The van der Waals surface area contributed by atoms with Crippen molar-refractivity contribution in [2.24, 2.45) is 0 Å². The molecule has 1 aromatic rings. The van der Waals surface area contributed by atoms with Gasteiger partial charge in [0, 0.05) is 43.3 Å². The molecule has 2 rings (SSSR count). The monoisotopic (exact) mass is 364 g/mol.